The van der Waals surface area contributed by atoms with E-state index < -0.39 is 0 Å². The number of para-hydroxylation sites is 2. The van der Waals surface area contributed by atoms with Gasteiger partial charge in [-0.25, -0.2) is 0 Å². The summed E-state index contributed by atoms with van der Waals surface area (Å²) >= 11 is 0. The first-order chi connectivity index (χ1) is 8.84. The number of aryl methyl sites for hydroxylation is 1. The first-order valence-corrected chi connectivity index (χ1v) is 6.48. The fourth-order valence-corrected chi connectivity index (χ4v) is 2.53. The zero-order chi connectivity index (χ0) is 12.4. The molecule has 3 rings (SSSR count). The second-order valence-corrected chi connectivity index (χ2v) is 4.74. The summed E-state index contributed by atoms with van der Waals surface area (Å²) in [6.07, 6.45) is 4.80. The highest BCUT2D eigenvalue weighted by Gasteiger charge is 2.14. The Morgan fingerprint density at radius 3 is 2.50 bits per heavy atom. The maximum absolute atomic E-state index is 5.98. The van der Waals surface area contributed by atoms with Gasteiger partial charge in [0.05, 0.1) is 5.69 Å². The molecule has 0 heterocycles. The lowest BCUT2D eigenvalue weighted by molar-refractivity contribution is 0.472. The lowest BCUT2D eigenvalue weighted by atomic mass is 9.91. The van der Waals surface area contributed by atoms with Gasteiger partial charge in [0.25, 0.3) is 0 Å². The third kappa shape index (κ3) is 2.06. The molecule has 0 spiro atoms. The van der Waals surface area contributed by atoms with Crippen LogP contribution in [0.1, 0.15) is 24.0 Å². The van der Waals surface area contributed by atoms with Crippen molar-refractivity contribution in [2.75, 3.05) is 5.73 Å². The monoisotopic (exact) mass is 239 g/mol. The van der Waals surface area contributed by atoms with Gasteiger partial charge in [-0.05, 0) is 55.0 Å². The molecule has 0 bridgehead atoms. The molecule has 2 aromatic carbocycles. The van der Waals surface area contributed by atoms with E-state index in [1.807, 2.05) is 30.3 Å². The van der Waals surface area contributed by atoms with Crippen molar-refractivity contribution in [1.29, 1.82) is 0 Å². The molecule has 0 radical (unpaired) electrons. The van der Waals surface area contributed by atoms with Gasteiger partial charge in [-0.3, -0.25) is 0 Å². The molecule has 0 saturated carbocycles. The van der Waals surface area contributed by atoms with Gasteiger partial charge in [-0.2, -0.15) is 0 Å². The summed E-state index contributed by atoms with van der Waals surface area (Å²) in [5.41, 5.74) is 9.38. The first kappa shape index (κ1) is 11.1. The van der Waals surface area contributed by atoms with Gasteiger partial charge in [0.15, 0.2) is 0 Å². The quantitative estimate of drug-likeness (QED) is 0.806. The lowest BCUT2D eigenvalue weighted by Crippen LogP contribution is -2.04. The summed E-state index contributed by atoms with van der Waals surface area (Å²) in [6.45, 7) is 0. The van der Waals surface area contributed by atoms with E-state index in [9.17, 15) is 0 Å². The number of ether oxygens (including phenoxy) is 1. The van der Waals surface area contributed by atoms with Gasteiger partial charge < -0.3 is 10.5 Å². The van der Waals surface area contributed by atoms with Crippen LogP contribution in [0.4, 0.5) is 5.69 Å². The van der Waals surface area contributed by atoms with Crippen molar-refractivity contribution >= 4 is 5.69 Å². The lowest BCUT2D eigenvalue weighted by Gasteiger charge is -2.19. The van der Waals surface area contributed by atoms with Crippen LogP contribution < -0.4 is 10.5 Å². The average molecular weight is 239 g/mol. The summed E-state index contributed by atoms with van der Waals surface area (Å²) in [4.78, 5) is 0. The molecule has 0 fully saturated rings. The van der Waals surface area contributed by atoms with Crippen molar-refractivity contribution in [3.05, 3.63) is 53.6 Å². The van der Waals surface area contributed by atoms with Crippen molar-refractivity contribution in [2.45, 2.75) is 25.7 Å². The summed E-state index contributed by atoms with van der Waals surface area (Å²) in [5.74, 6) is 1.71. The molecule has 2 N–H and O–H groups in total. The standard InChI is InChI=1S/C16H17NO/c17-14-9-3-4-10-16(14)18-15-11-5-7-12-6-1-2-8-13(12)15/h3-5,7,9-11H,1-2,6,8,17H2. The smallest absolute Gasteiger partial charge is 0.150 e. The average Bonchev–Trinajstić information content (AvgIpc) is 2.42. The van der Waals surface area contributed by atoms with E-state index in [4.69, 9.17) is 10.5 Å². The second kappa shape index (κ2) is 4.73. The van der Waals surface area contributed by atoms with Crippen molar-refractivity contribution in [3.8, 4) is 11.5 Å². The highest BCUT2D eigenvalue weighted by molar-refractivity contribution is 5.55. The van der Waals surface area contributed by atoms with Crippen LogP contribution in [0, 0.1) is 0 Å². The van der Waals surface area contributed by atoms with Crippen LogP contribution in [-0.2, 0) is 12.8 Å². The SMILES string of the molecule is Nc1ccccc1Oc1cccc2c1CCCC2. The molecule has 0 unspecified atom stereocenters. The fourth-order valence-electron chi connectivity index (χ4n) is 2.53. The number of rotatable bonds is 2. The molecular weight excluding hydrogens is 222 g/mol. The van der Waals surface area contributed by atoms with Gasteiger partial charge >= 0.3 is 0 Å². The molecule has 0 aliphatic heterocycles. The predicted molar refractivity (Wildman–Crippen MR) is 74.0 cm³/mol. The Hall–Kier alpha value is -1.96. The van der Waals surface area contributed by atoms with E-state index in [2.05, 4.69) is 12.1 Å². The third-order valence-electron chi connectivity index (χ3n) is 3.49. The minimum absolute atomic E-state index is 0.686. The van der Waals surface area contributed by atoms with Gasteiger partial charge in [0, 0.05) is 0 Å². The summed E-state index contributed by atoms with van der Waals surface area (Å²) < 4.78 is 5.98. The number of hydrogen-bond acceptors (Lipinski definition) is 2. The maximum Gasteiger partial charge on any atom is 0.150 e. The molecule has 2 nitrogen and oxygen atoms in total. The molecular formula is C16H17NO. The summed E-state index contributed by atoms with van der Waals surface area (Å²) in [7, 11) is 0. The van der Waals surface area contributed by atoms with Crippen LogP contribution in [0.15, 0.2) is 42.5 Å². The number of anilines is 1. The Kier molecular flexibility index (Phi) is 2.93. The first-order valence-electron chi connectivity index (χ1n) is 6.48. The van der Waals surface area contributed by atoms with E-state index in [0.29, 0.717) is 5.69 Å². The fraction of sp³-hybridized carbons (Fsp3) is 0.250. The number of fused-ring (bicyclic) bond motifs is 1. The Balaban J connectivity index is 1.96. The van der Waals surface area contributed by atoms with Crippen molar-refractivity contribution < 1.29 is 4.74 Å². The number of hydrogen-bond donors (Lipinski definition) is 1. The van der Waals surface area contributed by atoms with Crippen LogP contribution >= 0.6 is 0 Å². The molecule has 1 aliphatic carbocycles. The van der Waals surface area contributed by atoms with Crippen LogP contribution in [0.25, 0.3) is 0 Å². The molecule has 0 aromatic heterocycles. The van der Waals surface area contributed by atoms with Crippen molar-refractivity contribution in [2.24, 2.45) is 0 Å². The second-order valence-electron chi connectivity index (χ2n) is 4.74. The van der Waals surface area contributed by atoms with Crippen LogP contribution in [-0.4, -0.2) is 0 Å². The van der Waals surface area contributed by atoms with E-state index >= 15 is 0 Å². The minimum Gasteiger partial charge on any atom is -0.455 e. The molecule has 0 atom stereocenters. The molecule has 92 valence electrons. The topological polar surface area (TPSA) is 35.2 Å². The summed E-state index contributed by atoms with van der Waals surface area (Å²) in [5, 5.41) is 0. The molecule has 0 amide bonds. The Labute approximate surface area is 107 Å². The van der Waals surface area contributed by atoms with Crippen LogP contribution in [0.5, 0.6) is 11.5 Å². The normalized spacial score (nSPS) is 14.0. The highest BCUT2D eigenvalue weighted by Crippen LogP contribution is 2.34. The predicted octanol–water partition coefficient (Wildman–Crippen LogP) is 3.94. The zero-order valence-corrected chi connectivity index (χ0v) is 10.4. The van der Waals surface area contributed by atoms with Crippen LogP contribution in [0.2, 0.25) is 0 Å². The van der Waals surface area contributed by atoms with Gasteiger partial charge in [0.2, 0.25) is 0 Å². The van der Waals surface area contributed by atoms with Gasteiger partial charge in [-0.1, -0.05) is 24.3 Å². The number of benzene rings is 2. The molecule has 1 aliphatic rings. The Morgan fingerprint density at radius 1 is 0.833 bits per heavy atom. The van der Waals surface area contributed by atoms with Crippen LogP contribution in [0.3, 0.4) is 0 Å². The Bertz CT molecular complexity index is 563. The minimum atomic E-state index is 0.686. The van der Waals surface area contributed by atoms with E-state index in [1.165, 1.54) is 24.0 Å². The highest BCUT2D eigenvalue weighted by atomic mass is 16.5. The largest absolute Gasteiger partial charge is 0.455 e. The molecule has 2 aromatic rings. The summed E-state index contributed by atoms with van der Waals surface area (Å²) in [6, 6.07) is 14.0. The van der Waals surface area contributed by atoms with Gasteiger partial charge in [0.1, 0.15) is 11.5 Å². The molecule has 0 saturated heterocycles. The van der Waals surface area contributed by atoms with E-state index in [1.54, 1.807) is 0 Å². The van der Waals surface area contributed by atoms with E-state index in [-0.39, 0.29) is 0 Å². The van der Waals surface area contributed by atoms with Crippen molar-refractivity contribution in [1.82, 2.24) is 0 Å². The molecule has 2 heteroatoms. The zero-order valence-electron chi connectivity index (χ0n) is 10.4. The number of nitrogens with two attached hydrogens (primary N) is 1. The number of nitrogen functional groups attached to an aromatic ring is 1. The van der Waals surface area contributed by atoms with E-state index in [0.717, 1.165) is 24.3 Å². The van der Waals surface area contributed by atoms with Crippen molar-refractivity contribution in [3.63, 3.8) is 0 Å². The Morgan fingerprint density at radius 2 is 1.61 bits per heavy atom. The maximum atomic E-state index is 5.98. The van der Waals surface area contributed by atoms with Gasteiger partial charge in [-0.15, -0.1) is 0 Å². The third-order valence-corrected chi connectivity index (χ3v) is 3.49. The molecule has 18 heavy (non-hydrogen) atoms.